The molecule has 1 aromatic heterocycles. The van der Waals surface area contributed by atoms with E-state index in [0.29, 0.717) is 5.92 Å². The van der Waals surface area contributed by atoms with Crippen LogP contribution in [0.4, 0.5) is 0 Å². The van der Waals surface area contributed by atoms with Crippen molar-refractivity contribution in [2.45, 2.75) is 38.5 Å². The Morgan fingerprint density at radius 1 is 1.18 bits per heavy atom. The Morgan fingerprint density at radius 2 is 1.91 bits per heavy atom. The second-order valence-electron chi connectivity index (χ2n) is 6.42. The van der Waals surface area contributed by atoms with Crippen LogP contribution >= 0.6 is 0 Å². The number of carbonyl (C=O) groups excluding carboxylic acids is 1. The van der Waals surface area contributed by atoms with Crippen molar-refractivity contribution in [3.63, 3.8) is 0 Å². The van der Waals surface area contributed by atoms with E-state index in [9.17, 15) is 4.79 Å². The summed E-state index contributed by atoms with van der Waals surface area (Å²) in [4.78, 5) is 14.8. The quantitative estimate of drug-likeness (QED) is 0.871. The Labute approximate surface area is 130 Å². The van der Waals surface area contributed by atoms with Crippen LogP contribution in [0.3, 0.4) is 0 Å². The predicted octanol–water partition coefficient (Wildman–Crippen LogP) is 3.29. The molecule has 2 aromatic rings. The van der Waals surface area contributed by atoms with Gasteiger partial charge in [-0.2, -0.15) is 5.10 Å². The second kappa shape index (κ2) is 5.27. The number of nitrogens with zero attached hydrogens (tertiary/aromatic N) is 3. The smallest absolute Gasteiger partial charge is 0.257 e. The molecule has 2 fully saturated rings. The van der Waals surface area contributed by atoms with Crippen LogP contribution in [0.2, 0.25) is 0 Å². The highest BCUT2D eigenvalue weighted by molar-refractivity contribution is 5.95. The summed E-state index contributed by atoms with van der Waals surface area (Å²) in [5, 5.41) is 4.57. The first-order valence-electron chi connectivity index (χ1n) is 8.19. The van der Waals surface area contributed by atoms with E-state index in [2.05, 4.69) is 24.2 Å². The zero-order valence-electron chi connectivity index (χ0n) is 13.0. The summed E-state index contributed by atoms with van der Waals surface area (Å²) in [6, 6.07) is 8.24. The molecule has 4 rings (SSSR count). The molecule has 1 saturated heterocycles. The summed E-state index contributed by atoms with van der Waals surface area (Å²) >= 11 is 0. The number of carbonyl (C=O) groups is 1. The Kier molecular flexibility index (Phi) is 3.25. The number of likely N-dealkylation sites (tertiary alicyclic amines) is 1. The van der Waals surface area contributed by atoms with Crippen LogP contribution in [-0.4, -0.2) is 33.7 Å². The Hall–Kier alpha value is -2.10. The summed E-state index contributed by atoms with van der Waals surface area (Å²) in [6.45, 7) is 3.87. The van der Waals surface area contributed by atoms with E-state index < -0.39 is 0 Å². The van der Waals surface area contributed by atoms with Gasteiger partial charge < -0.3 is 4.90 Å². The van der Waals surface area contributed by atoms with Gasteiger partial charge in [-0.3, -0.25) is 4.79 Å². The molecular weight excluding hydrogens is 274 g/mol. The van der Waals surface area contributed by atoms with E-state index in [1.54, 1.807) is 6.20 Å². The molecule has 2 heterocycles. The van der Waals surface area contributed by atoms with Crippen molar-refractivity contribution in [1.29, 1.82) is 0 Å². The van der Waals surface area contributed by atoms with Crippen molar-refractivity contribution < 1.29 is 4.79 Å². The first-order valence-corrected chi connectivity index (χ1v) is 8.19. The van der Waals surface area contributed by atoms with Gasteiger partial charge in [0.25, 0.3) is 5.91 Å². The zero-order chi connectivity index (χ0) is 15.1. The zero-order valence-corrected chi connectivity index (χ0v) is 13.0. The fourth-order valence-corrected chi connectivity index (χ4v) is 3.36. The van der Waals surface area contributed by atoms with Crippen molar-refractivity contribution in [1.82, 2.24) is 14.7 Å². The third-order valence-electron chi connectivity index (χ3n) is 4.74. The lowest BCUT2D eigenvalue weighted by atomic mass is 10.1. The van der Waals surface area contributed by atoms with Crippen molar-refractivity contribution in [2.24, 2.45) is 0 Å². The second-order valence-corrected chi connectivity index (χ2v) is 6.42. The Balaban J connectivity index is 1.78. The highest BCUT2D eigenvalue weighted by atomic mass is 16.2. The van der Waals surface area contributed by atoms with Gasteiger partial charge in [0.15, 0.2) is 0 Å². The largest absolute Gasteiger partial charge is 0.339 e. The molecule has 1 aromatic carbocycles. The maximum absolute atomic E-state index is 12.8. The highest BCUT2D eigenvalue weighted by Gasteiger charge is 2.34. The van der Waals surface area contributed by atoms with Gasteiger partial charge in [0, 0.05) is 19.0 Å². The van der Waals surface area contributed by atoms with Crippen molar-refractivity contribution in [3.05, 3.63) is 47.3 Å². The predicted molar refractivity (Wildman–Crippen MR) is 85.4 cm³/mol. The van der Waals surface area contributed by atoms with E-state index >= 15 is 0 Å². The average molecular weight is 295 g/mol. The maximum atomic E-state index is 12.8. The van der Waals surface area contributed by atoms with Crippen LogP contribution in [-0.2, 0) is 0 Å². The van der Waals surface area contributed by atoms with Gasteiger partial charge >= 0.3 is 0 Å². The minimum atomic E-state index is 0.166. The van der Waals surface area contributed by atoms with Crippen LogP contribution in [0.25, 0.3) is 5.69 Å². The average Bonchev–Trinajstić information content (AvgIpc) is 3.05. The minimum Gasteiger partial charge on any atom is -0.339 e. The number of hydrogen-bond donors (Lipinski definition) is 0. The lowest BCUT2D eigenvalue weighted by Crippen LogP contribution is -2.28. The normalized spacial score (nSPS) is 18.0. The molecule has 114 valence electrons. The van der Waals surface area contributed by atoms with Gasteiger partial charge in [0.2, 0.25) is 0 Å². The van der Waals surface area contributed by atoms with Gasteiger partial charge in [0.1, 0.15) is 0 Å². The molecule has 2 aliphatic rings. The first-order chi connectivity index (χ1) is 10.8. The van der Waals surface area contributed by atoms with Crippen LogP contribution in [0.15, 0.2) is 30.5 Å². The van der Waals surface area contributed by atoms with Crippen molar-refractivity contribution in [2.75, 3.05) is 13.1 Å². The first kappa shape index (κ1) is 13.6. The van der Waals surface area contributed by atoms with Crippen LogP contribution in [0.1, 0.15) is 53.2 Å². The summed E-state index contributed by atoms with van der Waals surface area (Å²) < 4.78 is 2.00. The fourth-order valence-electron chi connectivity index (χ4n) is 3.36. The number of para-hydroxylation sites is 1. The minimum absolute atomic E-state index is 0.166. The molecule has 0 atom stereocenters. The molecule has 0 unspecified atom stereocenters. The molecular formula is C18H21N3O. The number of amides is 1. The van der Waals surface area contributed by atoms with Crippen molar-refractivity contribution >= 4 is 5.91 Å². The fraction of sp³-hybridized carbons (Fsp3) is 0.444. The monoisotopic (exact) mass is 295 g/mol. The SMILES string of the molecule is Cc1ccccc1-n1ncc(C(=O)N2CCCC2)c1C1CC1. The molecule has 0 bridgehead atoms. The summed E-state index contributed by atoms with van der Waals surface area (Å²) in [6.07, 6.45) is 6.35. The van der Waals surface area contributed by atoms with Crippen molar-refractivity contribution in [3.8, 4) is 5.69 Å². The standard InChI is InChI=1S/C18H21N3O/c1-13-6-2-3-7-16(13)21-17(14-8-9-14)15(12-19-21)18(22)20-10-4-5-11-20/h2-3,6-7,12,14H,4-5,8-11H2,1H3. The van der Waals surface area contributed by atoms with E-state index in [1.807, 2.05) is 21.7 Å². The molecule has 4 heteroatoms. The highest BCUT2D eigenvalue weighted by Crippen LogP contribution is 2.43. The number of benzene rings is 1. The molecule has 4 nitrogen and oxygen atoms in total. The molecule has 1 aliphatic carbocycles. The maximum Gasteiger partial charge on any atom is 0.257 e. The lowest BCUT2D eigenvalue weighted by molar-refractivity contribution is 0.0791. The lowest BCUT2D eigenvalue weighted by Gasteiger charge is -2.16. The van der Waals surface area contributed by atoms with E-state index in [4.69, 9.17) is 0 Å². The molecule has 1 saturated carbocycles. The van der Waals surface area contributed by atoms with Crippen LogP contribution in [0.5, 0.6) is 0 Å². The van der Waals surface area contributed by atoms with Gasteiger partial charge in [0.05, 0.1) is 23.1 Å². The number of rotatable bonds is 3. The number of aryl methyl sites for hydroxylation is 1. The summed E-state index contributed by atoms with van der Waals surface area (Å²) in [5.41, 5.74) is 4.20. The third-order valence-corrected chi connectivity index (χ3v) is 4.74. The van der Waals surface area contributed by atoms with Crippen LogP contribution in [0, 0.1) is 6.92 Å². The molecule has 1 amide bonds. The van der Waals surface area contributed by atoms with E-state index in [1.165, 1.54) is 5.56 Å². The summed E-state index contributed by atoms with van der Waals surface area (Å²) in [5.74, 6) is 0.655. The van der Waals surface area contributed by atoms with Gasteiger partial charge in [-0.15, -0.1) is 0 Å². The molecule has 0 spiro atoms. The molecule has 1 aliphatic heterocycles. The Bertz CT molecular complexity index is 709. The number of aromatic nitrogens is 2. The number of hydrogen-bond acceptors (Lipinski definition) is 2. The Morgan fingerprint density at radius 3 is 2.59 bits per heavy atom. The topological polar surface area (TPSA) is 38.1 Å². The summed E-state index contributed by atoms with van der Waals surface area (Å²) in [7, 11) is 0. The van der Waals surface area contributed by atoms with E-state index in [0.717, 1.165) is 55.7 Å². The molecule has 22 heavy (non-hydrogen) atoms. The molecule has 0 N–H and O–H groups in total. The van der Waals surface area contributed by atoms with Crippen LogP contribution < -0.4 is 0 Å². The van der Waals surface area contributed by atoms with Gasteiger partial charge in [-0.05, 0) is 44.2 Å². The third kappa shape index (κ3) is 2.23. The van der Waals surface area contributed by atoms with Gasteiger partial charge in [-0.1, -0.05) is 18.2 Å². The van der Waals surface area contributed by atoms with Gasteiger partial charge in [-0.25, -0.2) is 4.68 Å². The van der Waals surface area contributed by atoms with E-state index in [-0.39, 0.29) is 5.91 Å². The molecule has 0 radical (unpaired) electrons.